The van der Waals surface area contributed by atoms with Gasteiger partial charge in [-0.1, -0.05) is 60.7 Å². The quantitative estimate of drug-likeness (QED) is 0.295. The van der Waals surface area contributed by atoms with E-state index in [1.807, 2.05) is 73.7 Å². The highest BCUT2D eigenvalue weighted by Crippen LogP contribution is 2.42. The number of urea groups is 1. The highest BCUT2D eigenvalue weighted by molar-refractivity contribution is 6.10. The van der Waals surface area contributed by atoms with Crippen LogP contribution >= 0.6 is 0 Å². The van der Waals surface area contributed by atoms with E-state index < -0.39 is 17.9 Å². The lowest BCUT2D eigenvalue weighted by molar-refractivity contribution is -0.136. The van der Waals surface area contributed by atoms with Gasteiger partial charge in [-0.25, -0.2) is 4.79 Å². The maximum atomic E-state index is 13.4. The molecule has 2 bridgehead atoms. The van der Waals surface area contributed by atoms with Gasteiger partial charge in [-0.3, -0.25) is 19.8 Å². The maximum absolute atomic E-state index is 13.4. The number of carbonyl (C=O) groups is 3. The Labute approximate surface area is 220 Å². The molecule has 38 heavy (non-hydrogen) atoms. The zero-order valence-corrected chi connectivity index (χ0v) is 20.8. The number of benzene rings is 4. The molecule has 1 aliphatic heterocycles. The normalized spacial score (nSPS) is 13.7. The van der Waals surface area contributed by atoms with Gasteiger partial charge < -0.3 is 9.84 Å². The van der Waals surface area contributed by atoms with Crippen molar-refractivity contribution in [2.24, 2.45) is 0 Å². The van der Waals surface area contributed by atoms with Gasteiger partial charge in [-0.05, 0) is 72.0 Å². The van der Waals surface area contributed by atoms with Gasteiger partial charge in [0.05, 0.1) is 6.04 Å². The van der Waals surface area contributed by atoms with Gasteiger partial charge in [0.2, 0.25) is 0 Å². The number of nitrogens with zero attached hydrogens (tertiary/aromatic N) is 1. The molecule has 5 rings (SSSR count). The molecule has 1 aliphatic rings. The Kier molecular flexibility index (Phi) is 6.91. The molecule has 0 saturated carbocycles. The number of carbonyl (C=O) groups excluding carboxylic acids is 2. The monoisotopic (exact) mass is 506 g/mol. The van der Waals surface area contributed by atoms with E-state index in [1.54, 1.807) is 29.2 Å². The topological polar surface area (TPSA) is 95.9 Å². The lowest BCUT2D eigenvalue weighted by Gasteiger charge is -2.23. The number of hydrogen-bond donors (Lipinski definition) is 2. The molecule has 0 aliphatic carbocycles. The largest absolute Gasteiger partial charge is 0.481 e. The number of rotatable bonds is 7. The van der Waals surface area contributed by atoms with Crippen LogP contribution in [0.2, 0.25) is 0 Å². The SMILES string of the molecule is C[C@@H]1c2cc(ccc2-c2ccccc2)N1C(=O)NC(=O)c1cc(Oc2ccccc2)ccc1CCC(=O)O. The zero-order valence-electron chi connectivity index (χ0n) is 20.8. The predicted octanol–water partition coefficient (Wildman–Crippen LogP) is 6.59. The van der Waals surface area contributed by atoms with Gasteiger partial charge in [0.25, 0.3) is 5.91 Å². The van der Waals surface area contributed by atoms with Crippen LogP contribution in [0.1, 0.15) is 40.9 Å². The van der Waals surface area contributed by atoms with Gasteiger partial charge >= 0.3 is 12.0 Å². The van der Waals surface area contributed by atoms with Crippen molar-refractivity contribution in [2.45, 2.75) is 25.8 Å². The third kappa shape index (κ3) is 5.13. The lowest BCUT2D eigenvalue weighted by atomic mass is 9.98. The minimum absolute atomic E-state index is 0.138. The summed E-state index contributed by atoms with van der Waals surface area (Å²) >= 11 is 0. The Morgan fingerprint density at radius 3 is 2.29 bits per heavy atom. The first kappa shape index (κ1) is 24.8. The molecular weight excluding hydrogens is 480 g/mol. The molecule has 7 heteroatoms. The fourth-order valence-electron chi connectivity index (χ4n) is 4.72. The van der Waals surface area contributed by atoms with Gasteiger partial charge in [-0.2, -0.15) is 0 Å². The lowest BCUT2D eigenvalue weighted by Crippen LogP contribution is -2.43. The minimum atomic E-state index is -0.976. The zero-order chi connectivity index (χ0) is 26.6. The number of hydrogen-bond acceptors (Lipinski definition) is 4. The molecule has 3 amide bonds. The van der Waals surface area contributed by atoms with E-state index in [0.29, 0.717) is 22.7 Å². The molecule has 0 aromatic heterocycles. The van der Waals surface area contributed by atoms with Gasteiger partial charge in [-0.15, -0.1) is 0 Å². The molecule has 0 fully saturated rings. The van der Waals surface area contributed by atoms with Gasteiger partial charge in [0.1, 0.15) is 11.5 Å². The number of amides is 3. The highest BCUT2D eigenvalue weighted by Gasteiger charge is 2.33. The van der Waals surface area contributed by atoms with Crippen molar-refractivity contribution >= 4 is 23.6 Å². The number of anilines is 1. The van der Waals surface area contributed by atoms with Crippen LogP contribution in [-0.4, -0.2) is 23.0 Å². The number of nitrogens with one attached hydrogen (secondary N) is 1. The fraction of sp³-hybridized carbons (Fsp3) is 0.129. The molecule has 190 valence electrons. The third-order valence-electron chi connectivity index (χ3n) is 6.59. The summed E-state index contributed by atoms with van der Waals surface area (Å²) in [5, 5.41) is 11.7. The second-order valence-electron chi connectivity index (χ2n) is 9.07. The first-order chi connectivity index (χ1) is 18.4. The van der Waals surface area contributed by atoms with E-state index in [0.717, 1.165) is 16.7 Å². The number of aliphatic carboxylic acids is 1. The molecule has 0 unspecified atom stereocenters. The third-order valence-corrected chi connectivity index (χ3v) is 6.59. The maximum Gasteiger partial charge on any atom is 0.329 e. The Morgan fingerprint density at radius 1 is 0.868 bits per heavy atom. The van der Waals surface area contributed by atoms with Crippen molar-refractivity contribution in [3.8, 4) is 22.6 Å². The van der Waals surface area contributed by atoms with Crippen molar-refractivity contribution < 1.29 is 24.2 Å². The number of para-hydroxylation sites is 1. The van der Waals surface area contributed by atoms with Crippen LogP contribution in [0.3, 0.4) is 0 Å². The summed E-state index contributed by atoms with van der Waals surface area (Å²) in [6, 6.07) is 28.9. The second kappa shape index (κ2) is 10.6. The average molecular weight is 507 g/mol. The smallest absolute Gasteiger partial charge is 0.329 e. The summed E-state index contributed by atoms with van der Waals surface area (Å²) in [5.74, 6) is -0.602. The van der Waals surface area contributed by atoms with E-state index in [4.69, 9.17) is 9.84 Å². The Bertz CT molecular complexity index is 1500. The highest BCUT2D eigenvalue weighted by atomic mass is 16.5. The van der Waals surface area contributed by atoms with Crippen molar-refractivity contribution in [3.05, 3.63) is 114 Å². The molecule has 7 nitrogen and oxygen atoms in total. The van der Waals surface area contributed by atoms with Crippen molar-refractivity contribution in [1.82, 2.24) is 5.32 Å². The van der Waals surface area contributed by atoms with Crippen LogP contribution in [0, 0.1) is 0 Å². The number of aryl methyl sites for hydroxylation is 1. The number of carboxylic acids is 1. The Hall–Kier alpha value is -4.91. The summed E-state index contributed by atoms with van der Waals surface area (Å²) < 4.78 is 5.87. The number of ether oxygens (including phenoxy) is 1. The van der Waals surface area contributed by atoms with Crippen molar-refractivity contribution in [1.29, 1.82) is 0 Å². The molecule has 1 atom stereocenters. The van der Waals surface area contributed by atoms with Crippen LogP contribution < -0.4 is 15.0 Å². The van der Waals surface area contributed by atoms with Crippen LogP contribution in [0.25, 0.3) is 11.1 Å². The summed E-state index contributed by atoms with van der Waals surface area (Å²) in [7, 11) is 0. The van der Waals surface area contributed by atoms with Crippen LogP contribution in [-0.2, 0) is 11.2 Å². The number of imide groups is 1. The fourth-order valence-corrected chi connectivity index (χ4v) is 4.72. The second-order valence-corrected chi connectivity index (χ2v) is 9.07. The summed E-state index contributed by atoms with van der Waals surface area (Å²) in [5.41, 5.74) is 4.49. The molecule has 0 spiro atoms. The van der Waals surface area contributed by atoms with E-state index in [9.17, 15) is 14.4 Å². The first-order valence-electron chi connectivity index (χ1n) is 12.3. The molecular formula is C31H26N2O5. The summed E-state index contributed by atoms with van der Waals surface area (Å²) in [6.45, 7) is 1.92. The van der Waals surface area contributed by atoms with Crippen molar-refractivity contribution in [2.75, 3.05) is 4.90 Å². The molecule has 1 heterocycles. The standard InChI is InChI=1S/C31H26N2O5/c1-20-27-18-23(14-16-26(27)21-8-4-2-5-9-21)33(20)31(37)32-30(36)28-19-25(38-24-10-6-3-7-11-24)15-12-22(28)13-17-29(34)35/h2-12,14-16,18-20H,13,17H2,1H3,(H,34,35)(H,32,36,37)/t20-/m1/s1. The van der Waals surface area contributed by atoms with E-state index in [-0.39, 0.29) is 24.4 Å². The first-order valence-corrected chi connectivity index (χ1v) is 12.3. The summed E-state index contributed by atoms with van der Waals surface area (Å²) in [4.78, 5) is 39.4. The molecule has 0 saturated heterocycles. The van der Waals surface area contributed by atoms with Crippen LogP contribution in [0.5, 0.6) is 11.5 Å². The number of fused-ring (bicyclic) bond motifs is 2. The van der Waals surface area contributed by atoms with Crippen LogP contribution in [0.4, 0.5) is 10.5 Å². The van der Waals surface area contributed by atoms with Gasteiger partial charge in [0, 0.05) is 17.7 Å². The summed E-state index contributed by atoms with van der Waals surface area (Å²) in [6.07, 6.45) is -0.0103. The van der Waals surface area contributed by atoms with E-state index >= 15 is 0 Å². The van der Waals surface area contributed by atoms with E-state index in [1.165, 1.54) is 6.07 Å². The minimum Gasteiger partial charge on any atom is -0.481 e. The van der Waals surface area contributed by atoms with Gasteiger partial charge in [0.15, 0.2) is 0 Å². The molecule has 0 radical (unpaired) electrons. The molecule has 4 aromatic rings. The van der Waals surface area contributed by atoms with E-state index in [2.05, 4.69) is 5.32 Å². The predicted molar refractivity (Wildman–Crippen MR) is 145 cm³/mol. The van der Waals surface area contributed by atoms with Crippen LogP contribution in [0.15, 0.2) is 97.1 Å². The average Bonchev–Trinajstić information content (AvgIpc) is 3.18. The number of carboxylic acid groups (broad SMARTS) is 1. The Morgan fingerprint density at radius 2 is 1.58 bits per heavy atom. The van der Waals surface area contributed by atoms with Crippen molar-refractivity contribution in [3.63, 3.8) is 0 Å². The molecule has 2 N–H and O–H groups in total. The molecule has 4 aromatic carbocycles. The Balaban J connectivity index is 1.37.